The molecule has 154 valence electrons. The molecule has 8 heteroatoms. The molecular formula is C22H22N4O4. The first-order valence-corrected chi connectivity index (χ1v) is 9.96. The van der Waals surface area contributed by atoms with E-state index < -0.39 is 0 Å². The lowest BCUT2D eigenvalue weighted by Crippen LogP contribution is -2.48. The first kappa shape index (κ1) is 18.6. The third-order valence-corrected chi connectivity index (χ3v) is 5.72. The summed E-state index contributed by atoms with van der Waals surface area (Å²) in [5.41, 5.74) is 1.28. The quantitative estimate of drug-likeness (QED) is 0.658. The van der Waals surface area contributed by atoms with Crippen molar-refractivity contribution in [3.05, 3.63) is 64.2 Å². The van der Waals surface area contributed by atoms with Crippen LogP contribution in [0.5, 0.6) is 11.5 Å². The van der Waals surface area contributed by atoms with Gasteiger partial charge >= 0.3 is 0 Å². The number of hydrogen-bond donors (Lipinski definition) is 0. The van der Waals surface area contributed by atoms with Gasteiger partial charge in [-0.3, -0.25) is 19.1 Å². The monoisotopic (exact) mass is 406 g/mol. The van der Waals surface area contributed by atoms with E-state index in [0.717, 1.165) is 18.9 Å². The third kappa shape index (κ3) is 3.29. The summed E-state index contributed by atoms with van der Waals surface area (Å²) >= 11 is 0. The van der Waals surface area contributed by atoms with Crippen molar-refractivity contribution < 1.29 is 14.3 Å². The van der Waals surface area contributed by atoms with Crippen molar-refractivity contribution in [2.24, 2.45) is 7.05 Å². The Kier molecular flexibility index (Phi) is 4.63. The van der Waals surface area contributed by atoms with E-state index >= 15 is 0 Å². The molecule has 1 aromatic heterocycles. The van der Waals surface area contributed by atoms with Crippen molar-refractivity contribution in [2.75, 3.05) is 33.0 Å². The highest BCUT2D eigenvalue weighted by Crippen LogP contribution is 2.32. The minimum atomic E-state index is -0.0350. The summed E-state index contributed by atoms with van der Waals surface area (Å²) in [5.74, 6) is 2.01. The van der Waals surface area contributed by atoms with Crippen molar-refractivity contribution >= 4 is 16.8 Å². The van der Waals surface area contributed by atoms with E-state index in [1.54, 1.807) is 35.9 Å². The standard InChI is InChI=1S/C22H22N4O4/c1-24-20(23-17-5-3-2-4-16(17)22(24)28)13-25-8-10-26(11-9-25)21(27)15-6-7-18-19(12-15)30-14-29-18/h2-7,12H,8-11,13-14H2,1H3. The van der Waals surface area contributed by atoms with Crippen molar-refractivity contribution in [2.45, 2.75) is 6.54 Å². The van der Waals surface area contributed by atoms with Gasteiger partial charge in [-0.15, -0.1) is 0 Å². The van der Waals surface area contributed by atoms with Gasteiger partial charge in [0, 0.05) is 38.8 Å². The van der Waals surface area contributed by atoms with Gasteiger partial charge in [0.2, 0.25) is 6.79 Å². The summed E-state index contributed by atoms with van der Waals surface area (Å²) in [6.07, 6.45) is 0. The summed E-state index contributed by atoms with van der Waals surface area (Å²) in [7, 11) is 1.76. The van der Waals surface area contributed by atoms with Crippen LogP contribution in [0.15, 0.2) is 47.3 Å². The molecule has 2 aliphatic rings. The predicted molar refractivity (Wildman–Crippen MR) is 111 cm³/mol. The number of piperazine rings is 1. The van der Waals surface area contributed by atoms with Gasteiger partial charge < -0.3 is 14.4 Å². The Bertz CT molecular complexity index is 1180. The molecule has 0 bridgehead atoms. The van der Waals surface area contributed by atoms with Crippen LogP contribution in [0.25, 0.3) is 10.9 Å². The van der Waals surface area contributed by atoms with Crippen LogP contribution in [0, 0.1) is 0 Å². The van der Waals surface area contributed by atoms with E-state index in [9.17, 15) is 9.59 Å². The molecule has 1 amide bonds. The van der Waals surface area contributed by atoms with Crippen LogP contribution < -0.4 is 15.0 Å². The van der Waals surface area contributed by atoms with E-state index in [2.05, 4.69) is 9.88 Å². The van der Waals surface area contributed by atoms with Crippen molar-refractivity contribution in [3.8, 4) is 11.5 Å². The van der Waals surface area contributed by atoms with Gasteiger partial charge in [-0.25, -0.2) is 4.98 Å². The normalized spacial score (nSPS) is 16.2. The number of aromatic nitrogens is 2. The molecule has 3 heterocycles. The fourth-order valence-electron chi connectivity index (χ4n) is 3.93. The number of benzene rings is 2. The zero-order valence-electron chi connectivity index (χ0n) is 16.7. The van der Waals surface area contributed by atoms with E-state index in [4.69, 9.17) is 9.47 Å². The highest BCUT2D eigenvalue weighted by Gasteiger charge is 2.25. The molecule has 0 atom stereocenters. The number of para-hydroxylation sites is 1. The molecule has 5 rings (SSSR count). The zero-order chi connectivity index (χ0) is 20.7. The fourth-order valence-corrected chi connectivity index (χ4v) is 3.93. The molecule has 1 saturated heterocycles. The van der Waals surface area contributed by atoms with Crippen molar-refractivity contribution in [1.29, 1.82) is 0 Å². The molecule has 3 aromatic rings. The Balaban J connectivity index is 1.26. The summed E-state index contributed by atoms with van der Waals surface area (Å²) in [6.45, 7) is 3.45. The predicted octanol–water partition coefficient (Wildman–Crippen LogP) is 1.62. The smallest absolute Gasteiger partial charge is 0.261 e. The lowest BCUT2D eigenvalue weighted by Gasteiger charge is -2.34. The second-order valence-electron chi connectivity index (χ2n) is 7.55. The Hall–Kier alpha value is -3.39. The van der Waals surface area contributed by atoms with E-state index in [-0.39, 0.29) is 18.3 Å². The molecule has 0 N–H and O–H groups in total. The number of carbonyl (C=O) groups excluding carboxylic acids is 1. The Labute approximate surface area is 173 Å². The van der Waals surface area contributed by atoms with Crippen LogP contribution in [0.1, 0.15) is 16.2 Å². The number of hydrogen-bond acceptors (Lipinski definition) is 6. The second-order valence-corrected chi connectivity index (χ2v) is 7.55. The van der Waals surface area contributed by atoms with E-state index in [1.807, 2.05) is 23.1 Å². The van der Waals surface area contributed by atoms with Crippen LogP contribution >= 0.6 is 0 Å². The molecule has 0 aliphatic carbocycles. The first-order chi connectivity index (χ1) is 14.6. The zero-order valence-corrected chi connectivity index (χ0v) is 16.7. The maximum atomic E-state index is 12.9. The van der Waals surface area contributed by atoms with Crippen molar-refractivity contribution in [1.82, 2.24) is 19.4 Å². The summed E-state index contributed by atoms with van der Waals surface area (Å²) in [5, 5.41) is 0.628. The van der Waals surface area contributed by atoms with Crippen LogP contribution in [0.4, 0.5) is 0 Å². The molecule has 2 aliphatic heterocycles. The van der Waals surface area contributed by atoms with E-state index in [0.29, 0.717) is 47.6 Å². The number of rotatable bonds is 3. The third-order valence-electron chi connectivity index (χ3n) is 5.72. The van der Waals surface area contributed by atoms with Gasteiger partial charge in [-0.05, 0) is 30.3 Å². The number of amides is 1. The summed E-state index contributed by atoms with van der Waals surface area (Å²) < 4.78 is 12.3. The molecule has 30 heavy (non-hydrogen) atoms. The van der Waals surface area contributed by atoms with Crippen LogP contribution in [0.3, 0.4) is 0 Å². The number of ether oxygens (including phenoxy) is 2. The number of nitrogens with zero attached hydrogens (tertiary/aromatic N) is 4. The first-order valence-electron chi connectivity index (χ1n) is 9.96. The lowest BCUT2D eigenvalue weighted by atomic mass is 10.1. The second kappa shape index (κ2) is 7.46. The maximum absolute atomic E-state index is 12.9. The van der Waals surface area contributed by atoms with Crippen LogP contribution in [0.2, 0.25) is 0 Å². The summed E-state index contributed by atoms with van der Waals surface area (Å²) in [6, 6.07) is 12.7. The minimum absolute atomic E-state index is 0.0100. The van der Waals surface area contributed by atoms with Gasteiger partial charge in [-0.1, -0.05) is 12.1 Å². The molecule has 8 nitrogen and oxygen atoms in total. The number of carbonyl (C=O) groups is 1. The SMILES string of the molecule is Cn1c(CN2CCN(C(=O)c3ccc4c(c3)OCO4)CC2)nc2ccccc2c1=O. The minimum Gasteiger partial charge on any atom is -0.454 e. The van der Waals surface area contributed by atoms with Crippen LogP contribution in [-0.4, -0.2) is 58.2 Å². The highest BCUT2D eigenvalue weighted by atomic mass is 16.7. The van der Waals surface area contributed by atoms with E-state index in [1.165, 1.54) is 0 Å². The van der Waals surface area contributed by atoms with Gasteiger partial charge in [0.25, 0.3) is 11.5 Å². The average molecular weight is 406 g/mol. The van der Waals surface area contributed by atoms with Gasteiger partial charge in [-0.2, -0.15) is 0 Å². The lowest BCUT2D eigenvalue weighted by molar-refractivity contribution is 0.0623. The van der Waals surface area contributed by atoms with Gasteiger partial charge in [0.15, 0.2) is 11.5 Å². The van der Waals surface area contributed by atoms with Crippen molar-refractivity contribution in [3.63, 3.8) is 0 Å². The molecule has 0 spiro atoms. The van der Waals surface area contributed by atoms with Gasteiger partial charge in [0.1, 0.15) is 5.82 Å². The molecule has 2 aromatic carbocycles. The summed E-state index contributed by atoms with van der Waals surface area (Å²) in [4.78, 5) is 34.2. The van der Waals surface area contributed by atoms with Gasteiger partial charge in [0.05, 0.1) is 17.4 Å². The fraction of sp³-hybridized carbons (Fsp3) is 0.318. The average Bonchev–Trinajstić information content (AvgIpc) is 3.25. The highest BCUT2D eigenvalue weighted by molar-refractivity contribution is 5.95. The molecule has 1 fully saturated rings. The topological polar surface area (TPSA) is 76.9 Å². The molecule has 0 unspecified atom stereocenters. The molecule has 0 radical (unpaired) electrons. The molecule has 0 saturated carbocycles. The largest absolute Gasteiger partial charge is 0.454 e. The maximum Gasteiger partial charge on any atom is 0.261 e. The number of fused-ring (bicyclic) bond motifs is 2. The Morgan fingerprint density at radius 3 is 2.63 bits per heavy atom. The Morgan fingerprint density at radius 1 is 1.03 bits per heavy atom. The molecular weight excluding hydrogens is 384 g/mol. The van der Waals surface area contributed by atoms with Crippen LogP contribution in [-0.2, 0) is 13.6 Å². The Morgan fingerprint density at radius 2 is 1.80 bits per heavy atom.